The van der Waals surface area contributed by atoms with E-state index in [2.05, 4.69) is 20.8 Å². The summed E-state index contributed by atoms with van der Waals surface area (Å²) in [5.74, 6) is -1.52. The number of halogens is 2. The fraction of sp³-hybridized carbons (Fsp3) is 0.531. The molecule has 3 nitrogen and oxygen atoms in total. The molecule has 1 aromatic rings. The number of benzene rings is 1. The van der Waals surface area contributed by atoms with Crippen LogP contribution < -0.4 is 0 Å². The van der Waals surface area contributed by atoms with Crippen molar-refractivity contribution >= 4 is 35.0 Å². The molecule has 1 aromatic carbocycles. The number of ketones is 1. The maximum Gasteiger partial charge on any atom is 0.254 e. The smallest absolute Gasteiger partial charge is 0.254 e. The van der Waals surface area contributed by atoms with E-state index in [4.69, 9.17) is 12.2 Å². The molecule has 6 heteroatoms. The van der Waals surface area contributed by atoms with Crippen molar-refractivity contribution in [3.8, 4) is 0 Å². The molecule has 0 radical (unpaired) electrons. The first kappa shape index (κ1) is 37.7. The van der Waals surface area contributed by atoms with Gasteiger partial charge in [0, 0.05) is 18.5 Å². The molecule has 1 aliphatic carbocycles. The van der Waals surface area contributed by atoms with Crippen molar-refractivity contribution in [3.63, 3.8) is 0 Å². The molecule has 0 N–H and O–H groups in total. The van der Waals surface area contributed by atoms with Crippen molar-refractivity contribution < 1.29 is 18.4 Å². The minimum atomic E-state index is -0.861. The number of unbranched alkanes of at least 4 members (excludes halogenated alkanes) is 3. The van der Waals surface area contributed by atoms with Gasteiger partial charge in [-0.25, -0.2) is 8.78 Å². The summed E-state index contributed by atoms with van der Waals surface area (Å²) < 4.78 is 26.4. The summed E-state index contributed by atoms with van der Waals surface area (Å²) in [5.41, 5.74) is 4.44. The summed E-state index contributed by atoms with van der Waals surface area (Å²) in [4.78, 5) is 24.1. The summed E-state index contributed by atoms with van der Waals surface area (Å²) in [6, 6.07) is 3.86. The van der Waals surface area contributed by atoms with Crippen molar-refractivity contribution in [1.29, 1.82) is 0 Å². The molecule has 2 rings (SSSR count). The van der Waals surface area contributed by atoms with Crippen LogP contribution in [0.2, 0.25) is 0 Å². The Kier molecular flexibility index (Phi) is 23.4. The van der Waals surface area contributed by atoms with Crippen LogP contribution in [0.1, 0.15) is 112 Å². The zero-order chi connectivity index (χ0) is 29.5. The van der Waals surface area contributed by atoms with Crippen molar-refractivity contribution in [3.05, 3.63) is 64.8 Å². The molecule has 0 fully saturated rings. The normalized spacial score (nSPS) is 11.9. The Labute approximate surface area is 236 Å². The summed E-state index contributed by atoms with van der Waals surface area (Å²) in [6.45, 7) is 16.5. The highest BCUT2D eigenvalue weighted by Gasteiger charge is 2.15. The Hall–Kier alpha value is -2.47. The number of rotatable bonds is 11. The number of hydrogen-bond donors (Lipinski definition) is 0. The third-order valence-corrected chi connectivity index (χ3v) is 5.66. The average molecular weight is 550 g/mol. The number of amides is 1. The lowest BCUT2D eigenvalue weighted by atomic mass is 10.0. The SMILES string of the molecule is CC.CCCC.CCCCCC(C)=O.CCCN(C=S)C(=O)/C(C)=C/C1=CC=C(c2ccc(F)c(F)c2)C1. The predicted molar refractivity (Wildman–Crippen MR) is 163 cm³/mol. The zero-order valence-corrected chi connectivity index (χ0v) is 25.6. The van der Waals surface area contributed by atoms with Crippen LogP contribution in [0.15, 0.2) is 47.6 Å². The summed E-state index contributed by atoms with van der Waals surface area (Å²) in [5, 5.41) is 0. The molecular formula is C32H49F2NO2S. The van der Waals surface area contributed by atoms with Crippen LogP contribution in [0.25, 0.3) is 5.57 Å². The van der Waals surface area contributed by atoms with Crippen molar-refractivity contribution in [2.24, 2.45) is 0 Å². The van der Waals surface area contributed by atoms with Gasteiger partial charge in [0.05, 0.1) is 5.49 Å². The van der Waals surface area contributed by atoms with Crippen LogP contribution >= 0.6 is 12.2 Å². The molecule has 214 valence electrons. The molecular weight excluding hydrogens is 500 g/mol. The van der Waals surface area contributed by atoms with E-state index < -0.39 is 11.6 Å². The van der Waals surface area contributed by atoms with E-state index in [0.29, 0.717) is 29.9 Å². The van der Waals surface area contributed by atoms with Gasteiger partial charge in [0.1, 0.15) is 5.78 Å². The molecule has 1 aliphatic rings. The fourth-order valence-corrected chi connectivity index (χ4v) is 3.37. The zero-order valence-electron chi connectivity index (χ0n) is 24.8. The van der Waals surface area contributed by atoms with Gasteiger partial charge in [-0.15, -0.1) is 0 Å². The van der Waals surface area contributed by atoms with E-state index in [-0.39, 0.29) is 5.91 Å². The Bertz CT molecular complexity index is 933. The molecule has 0 unspecified atom stereocenters. The Morgan fingerprint density at radius 3 is 2.03 bits per heavy atom. The first-order chi connectivity index (χ1) is 18.1. The highest BCUT2D eigenvalue weighted by atomic mass is 32.1. The number of carbonyl (C=O) groups is 2. The van der Waals surface area contributed by atoms with E-state index in [1.165, 1.54) is 42.1 Å². The van der Waals surface area contributed by atoms with Crippen molar-refractivity contribution in [1.82, 2.24) is 4.90 Å². The lowest BCUT2D eigenvalue weighted by Crippen LogP contribution is -2.30. The molecule has 0 saturated heterocycles. The lowest BCUT2D eigenvalue weighted by molar-refractivity contribution is -0.123. The van der Waals surface area contributed by atoms with E-state index in [9.17, 15) is 18.4 Å². The number of hydrogen-bond acceptors (Lipinski definition) is 3. The summed E-state index contributed by atoms with van der Waals surface area (Å²) >= 11 is 4.88. The van der Waals surface area contributed by atoms with Gasteiger partial charge in [0.25, 0.3) is 5.91 Å². The average Bonchev–Trinajstić information content (AvgIpc) is 3.38. The highest BCUT2D eigenvalue weighted by Crippen LogP contribution is 2.30. The van der Waals surface area contributed by atoms with Crippen LogP contribution in [-0.4, -0.2) is 28.6 Å². The molecule has 0 bridgehead atoms. The molecule has 0 atom stereocenters. The molecule has 1 amide bonds. The second-order valence-electron chi connectivity index (χ2n) is 8.83. The molecule has 38 heavy (non-hydrogen) atoms. The standard InChI is InChI=1S/C19H19F2NOS.C7H14O.C4H10.C2H6/c1-3-8-22(12-24)19(23)13(2)9-14-4-5-15(10-14)16-6-7-17(20)18(21)11-16;1-3-4-5-6-7(2)8;1-3-4-2;1-2/h4-7,9,11-12H,3,8,10H2,1-2H3;3-6H2,1-2H3;3-4H2,1-2H3;1-2H3/b13-9+;;;. The van der Waals surface area contributed by atoms with Gasteiger partial charge in [-0.3, -0.25) is 4.79 Å². The maximum absolute atomic E-state index is 13.4. The minimum Gasteiger partial charge on any atom is -0.305 e. The van der Waals surface area contributed by atoms with Gasteiger partial charge >= 0.3 is 0 Å². The Morgan fingerprint density at radius 2 is 1.55 bits per heavy atom. The third-order valence-electron chi connectivity index (χ3n) is 5.41. The van der Waals surface area contributed by atoms with Gasteiger partial charge in [-0.1, -0.05) is 104 Å². The monoisotopic (exact) mass is 549 g/mol. The number of thiocarbonyl (C=S) groups is 1. The molecule has 0 aliphatic heterocycles. The van der Waals surface area contributed by atoms with Crippen LogP contribution in [0.4, 0.5) is 8.78 Å². The van der Waals surface area contributed by atoms with Gasteiger partial charge in [-0.2, -0.15) is 0 Å². The van der Waals surface area contributed by atoms with Crippen LogP contribution in [0.5, 0.6) is 0 Å². The minimum absolute atomic E-state index is 0.117. The first-order valence-corrected chi connectivity index (χ1v) is 14.4. The highest BCUT2D eigenvalue weighted by molar-refractivity contribution is 7.78. The first-order valence-electron chi connectivity index (χ1n) is 13.9. The maximum atomic E-state index is 13.4. The predicted octanol–water partition coefficient (Wildman–Crippen LogP) is 9.81. The van der Waals surface area contributed by atoms with Gasteiger partial charge in [-0.05, 0) is 62.0 Å². The number of Topliss-reactive ketones (excluding diaryl/α,β-unsaturated/α-hetero) is 1. The van der Waals surface area contributed by atoms with E-state index >= 15 is 0 Å². The van der Waals surface area contributed by atoms with Gasteiger partial charge < -0.3 is 9.69 Å². The number of nitrogens with zero attached hydrogens (tertiary/aromatic N) is 1. The quantitative estimate of drug-likeness (QED) is 0.157. The Balaban J connectivity index is 0. The van der Waals surface area contributed by atoms with E-state index in [1.54, 1.807) is 19.9 Å². The lowest BCUT2D eigenvalue weighted by Gasteiger charge is -2.16. The second-order valence-corrected chi connectivity index (χ2v) is 9.04. The fourth-order valence-electron chi connectivity index (χ4n) is 3.17. The Morgan fingerprint density at radius 1 is 0.921 bits per heavy atom. The second kappa shape index (κ2) is 23.6. The number of carbonyl (C=O) groups excluding carboxylic acids is 2. The molecule has 0 aromatic heterocycles. The van der Waals surface area contributed by atoms with Crippen molar-refractivity contribution in [2.45, 2.75) is 107 Å². The van der Waals surface area contributed by atoms with Crippen molar-refractivity contribution in [2.75, 3.05) is 6.54 Å². The van der Waals surface area contributed by atoms with Crippen LogP contribution in [0, 0.1) is 11.6 Å². The third kappa shape index (κ3) is 16.4. The topological polar surface area (TPSA) is 37.4 Å². The number of allylic oxidation sites excluding steroid dienone is 5. The van der Waals surface area contributed by atoms with E-state index in [1.807, 2.05) is 39.0 Å². The summed E-state index contributed by atoms with van der Waals surface area (Å²) in [6.07, 6.45) is 13.8. The van der Waals surface area contributed by atoms with Gasteiger partial charge in [0.2, 0.25) is 0 Å². The molecule has 0 spiro atoms. The molecule has 0 saturated carbocycles. The summed E-state index contributed by atoms with van der Waals surface area (Å²) in [7, 11) is 0. The van der Waals surface area contributed by atoms with Crippen LogP contribution in [0.3, 0.4) is 0 Å². The molecule has 0 heterocycles. The van der Waals surface area contributed by atoms with Crippen LogP contribution in [-0.2, 0) is 9.59 Å². The van der Waals surface area contributed by atoms with E-state index in [0.717, 1.165) is 36.5 Å². The largest absolute Gasteiger partial charge is 0.305 e. The van der Waals surface area contributed by atoms with Gasteiger partial charge in [0.15, 0.2) is 11.6 Å².